The number of aliphatic hydroxyl groups is 1. The Morgan fingerprint density at radius 2 is 1.89 bits per heavy atom. The topological polar surface area (TPSA) is 142 Å². The summed E-state index contributed by atoms with van der Waals surface area (Å²) in [4.78, 5) is 29.4. The van der Waals surface area contributed by atoms with Crippen molar-refractivity contribution in [2.24, 2.45) is 5.73 Å². The lowest BCUT2D eigenvalue weighted by Gasteiger charge is -2.31. The second kappa shape index (κ2) is 10.4. The van der Waals surface area contributed by atoms with E-state index in [4.69, 9.17) is 15.2 Å². The highest BCUT2D eigenvalue weighted by molar-refractivity contribution is 6.00. The number of pyridine rings is 1. The van der Waals surface area contributed by atoms with Gasteiger partial charge in [-0.05, 0) is 50.1 Å². The summed E-state index contributed by atoms with van der Waals surface area (Å²) in [6.45, 7) is -0.652. The van der Waals surface area contributed by atoms with Gasteiger partial charge in [-0.3, -0.25) is 14.3 Å². The Labute approximate surface area is 251 Å². The molecule has 0 bridgehead atoms. The molecule has 2 amide bonds. The third kappa shape index (κ3) is 4.90. The van der Waals surface area contributed by atoms with E-state index in [9.17, 15) is 36.6 Å². The van der Waals surface area contributed by atoms with Gasteiger partial charge in [0, 0.05) is 22.7 Å². The number of rotatable bonds is 8. The van der Waals surface area contributed by atoms with Gasteiger partial charge in [-0.15, -0.1) is 0 Å². The van der Waals surface area contributed by atoms with Crippen molar-refractivity contribution in [3.63, 3.8) is 0 Å². The molecule has 45 heavy (non-hydrogen) atoms. The molecule has 1 aliphatic carbocycles. The predicted octanol–water partition coefficient (Wildman–Crippen LogP) is 4.04. The van der Waals surface area contributed by atoms with Crippen LogP contribution < -0.4 is 20.5 Å². The van der Waals surface area contributed by atoms with E-state index in [-0.39, 0.29) is 28.7 Å². The van der Waals surface area contributed by atoms with Crippen LogP contribution in [-0.4, -0.2) is 58.1 Å². The van der Waals surface area contributed by atoms with E-state index in [0.29, 0.717) is 10.9 Å². The lowest BCUT2D eigenvalue weighted by molar-refractivity contribution is -0.265. The zero-order valence-electron chi connectivity index (χ0n) is 23.8. The molecule has 4 aromatic rings. The number of nitrogens with zero attached hydrogens (tertiary/aromatic N) is 3. The standard InChI is InChI=1S/C30H26F5N5O5/c1-28(27(36)42)13-45-25-17(28)10-21(38-24(25)22-18(31)4-3-5-19(22)32)29(43,30(33,34)35)12-37-26(41)14-8-15-11-40(16-6-7-16)39-23(15)20(9-14)44-2/h3-5,8-11,16,43H,6-7,12-13H2,1-2H3,(H2,36,42)(H,37,41)/t28-,29?/m0/s1. The summed E-state index contributed by atoms with van der Waals surface area (Å²) in [6, 6.07) is 6.44. The second-order valence-electron chi connectivity index (χ2n) is 11.3. The minimum absolute atomic E-state index is 0.0787. The van der Waals surface area contributed by atoms with Crippen LogP contribution in [0.25, 0.3) is 22.2 Å². The molecule has 1 saturated carbocycles. The Morgan fingerprint density at radius 1 is 1.20 bits per heavy atom. The van der Waals surface area contributed by atoms with Crippen molar-refractivity contribution in [1.29, 1.82) is 0 Å². The summed E-state index contributed by atoms with van der Waals surface area (Å²) in [5.74, 6) is -4.52. The van der Waals surface area contributed by atoms with Crippen LogP contribution in [0.4, 0.5) is 22.0 Å². The van der Waals surface area contributed by atoms with Gasteiger partial charge in [0.25, 0.3) is 5.91 Å². The fourth-order valence-corrected chi connectivity index (χ4v) is 5.27. The Morgan fingerprint density at radius 3 is 2.49 bits per heavy atom. The van der Waals surface area contributed by atoms with E-state index >= 15 is 0 Å². The first-order chi connectivity index (χ1) is 21.2. The number of aromatic nitrogens is 3. The van der Waals surface area contributed by atoms with Crippen molar-refractivity contribution >= 4 is 22.7 Å². The van der Waals surface area contributed by atoms with E-state index in [1.165, 1.54) is 26.2 Å². The van der Waals surface area contributed by atoms with E-state index in [1.54, 1.807) is 10.9 Å². The molecule has 2 aliphatic rings. The van der Waals surface area contributed by atoms with E-state index in [1.807, 2.05) is 0 Å². The fourth-order valence-electron chi connectivity index (χ4n) is 5.27. The number of carbonyl (C=O) groups is 2. The molecule has 10 nitrogen and oxygen atoms in total. The molecule has 6 rings (SSSR count). The van der Waals surface area contributed by atoms with Gasteiger partial charge in [-0.2, -0.15) is 18.3 Å². The van der Waals surface area contributed by atoms with Crippen LogP contribution in [0.3, 0.4) is 0 Å². The number of benzene rings is 2. The number of fused-ring (bicyclic) bond motifs is 2. The number of hydrogen-bond donors (Lipinski definition) is 3. The molecule has 0 saturated heterocycles. The Bertz CT molecular complexity index is 1850. The number of halogens is 5. The lowest BCUT2D eigenvalue weighted by atomic mass is 9.81. The molecular formula is C30H26F5N5O5. The van der Waals surface area contributed by atoms with Gasteiger partial charge in [-0.25, -0.2) is 13.8 Å². The summed E-state index contributed by atoms with van der Waals surface area (Å²) in [5, 5.41) is 18.3. The van der Waals surface area contributed by atoms with Crippen LogP contribution in [0.1, 0.15) is 47.4 Å². The van der Waals surface area contributed by atoms with Gasteiger partial charge >= 0.3 is 6.18 Å². The Balaban J connectivity index is 1.42. The second-order valence-corrected chi connectivity index (χ2v) is 11.3. The average Bonchev–Trinajstić information content (AvgIpc) is 3.65. The quantitative estimate of drug-likeness (QED) is 0.249. The van der Waals surface area contributed by atoms with E-state index in [2.05, 4.69) is 15.4 Å². The molecule has 2 atom stereocenters. The minimum Gasteiger partial charge on any atom is -0.494 e. The van der Waals surface area contributed by atoms with Crippen molar-refractivity contribution in [1.82, 2.24) is 20.1 Å². The number of nitrogens with one attached hydrogen (secondary N) is 1. The van der Waals surface area contributed by atoms with Crippen LogP contribution in [0.2, 0.25) is 0 Å². The number of nitrogens with two attached hydrogens (primary N) is 1. The molecule has 3 heterocycles. The largest absolute Gasteiger partial charge is 0.494 e. The number of carbonyl (C=O) groups excluding carboxylic acids is 2. The maximum atomic E-state index is 14.9. The number of alkyl halides is 3. The first-order valence-corrected chi connectivity index (χ1v) is 13.7. The summed E-state index contributed by atoms with van der Waals surface area (Å²) in [7, 11) is 1.36. The highest BCUT2D eigenvalue weighted by atomic mass is 19.4. The number of hydrogen-bond acceptors (Lipinski definition) is 7. The van der Waals surface area contributed by atoms with Crippen molar-refractivity contribution < 1.29 is 46.1 Å². The smallest absolute Gasteiger partial charge is 0.424 e. The molecule has 2 aromatic heterocycles. The SMILES string of the molecule is COc1cc(C(=O)NCC(O)(c2cc3c(c(-c4c(F)cccc4F)n2)OC[C@]3(C)C(N)=O)C(F)(F)F)cc2cn(C3CC3)nc12. The van der Waals surface area contributed by atoms with Crippen molar-refractivity contribution in [3.05, 3.63) is 71.1 Å². The van der Waals surface area contributed by atoms with Crippen LogP contribution in [0.5, 0.6) is 11.5 Å². The summed E-state index contributed by atoms with van der Waals surface area (Å²) in [5.41, 5.74) is -2.70. The Kier molecular flexibility index (Phi) is 6.99. The van der Waals surface area contributed by atoms with Crippen LogP contribution in [0, 0.1) is 11.6 Å². The van der Waals surface area contributed by atoms with Gasteiger partial charge in [-0.1, -0.05) is 6.07 Å². The predicted molar refractivity (Wildman–Crippen MR) is 148 cm³/mol. The minimum atomic E-state index is -5.48. The van der Waals surface area contributed by atoms with Gasteiger partial charge in [0.15, 0.2) is 0 Å². The molecule has 236 valence electrons. The zero-order chi connectivity index (χ0) is 32.5. The normalized spacial score (nSPS) is 19.1. The summed E-state index contributed by atoms with van der Waals surface area (Å²) >= 11 is 0. The third-order valence-corrected chi connectivity index (χ3v) is 8.21. The molecule has 0 spiro atoms. The number of primary amides is 1. The first kappa shape index (κ1) is 30.2. The highest BCUT2D eigenvalue weighted by Crippen LogP contribution is 2.48. The lowest BCUT2D eigenvalue weighted by Crippen LogP contribution is -2.51. The van der Waals surface area contributed by atoms with Gasteiger partial charge in [0.1, 0.15) is 46.4 Å². The van der Waals surface area contributed by atoms with Crippen LogP contribution in [0.15, 0.2) is 42.6 Å². The number of amides is 2. The molecule has 0 radical (unpaired) electrons. The summed E-state index contributed by atoms with van der Waals surface area (Å²) in [6.07, 6.45) is -1.91. The maximum Gasteiger partial charge on any atom is 0.424 e. The van der Waals surface area contributed by atoms with E-state index < -0.39 is 70.7 Å². The van der Waals surface area contributed by atoms with Crippen LogP contribution in [-0.2, 0) is 15.8 Å². The Hall–Kier alpha value is -4.79. The van der Waals surface area contributed by atoms with Crippen molar-refractivity contribution in [2.45, 2.75) is 43.0 Å². The molecule has 1 aliphatic heterocycles. The van der Waals surface area contributed by atoms with Crippen LogP contribution >= 0.6 is 0 Å². The van der Waals surface area contributed by atoms with E-state index in [0.717, 1.165) is 37.1 Å². The molecule has 1 unspecified atom stereocenters. The summed E-state index contributed by atoms with van der Waals surface area (Å²) < 4.78 is 86.5. The molecule has 15 heteroatoms. The monoisotopic (exact) mass is 631 g/mol. The highest BCUT2D eigenvalue weighted by Gasteiger charge is 2.58. The maximum absolute atomic E-state index is 14.9. The molecular weight excluding hydrogens is 605 g/mol. The fraction of sp³-hybridized carbons (Fsp3) is 0.333. The van der Waals surface area contributed by atoms with Gasteiger partial charge in [0.2, 0.25) is 11.5 Å². The molecule has 2 aromatic carbocycles. The van der Waals surface area contributed by atoms with Gasteiger partial charge in [0.05, 0.1) is 31.0 Å². The van der Waals surface area contributed by atoms with Crippen molar-refractivity contribution in [2.75, 3.05) is 20.3 Å². The zero-order valence-corrected chi connectivity index (χ0v) is 23.8. The number of ether oxygens (including phenoxy) is 2. The molecule has 4 N–H and O–H groups in total. The third-order valence-electron chi connectivity index (χ3n) is 8.21. The first-order valence-electron chi connectivity index (χ1n) is 13.7. The number of methoxy groups -OCH3 is 1. The van der Waals surface area contributed by atoms with Gasteiger partial charge < -0.3 is 25.6 Å². The van der Waals surface area contributed by atoms with Crippen molar-refractivity contribution in [3.8, 4) is 22.8 Å². The molecule has 1 fully saturated rings. The average molecular weight is 632 g/mol.